The minimum Gasteiger partial charge on any atom is -0.492 e. The van der Waals surface area contributed by atoms with E-state index in [0.29, 0.717) is 13.2 Å². The molecule has 19 heavy (non-hydrogen) atoms. The molecule has 0 saturated heterocycles. The fraction of sp³-hybridized carbons (Fsp3) is 0.533. The van der Waals surface area contributed by atoms with Gasteiger partial charge in [-0.15, -0.1) is 0 Å². The van der Waals surface area contributed by atoms with Gasteiger partial charge in [-0.1, -0.05) is 19.4 Å². The second-order valence-electron chi connectivity index (χ2n) is 4.63. The SMILES string of the molecule is CCCCNC(=O)NCCOc1ccc(C)c(C)c1. The van der Waals surface area contributed by atoms with Crippen molar-refractivity contribution in [2.75, 3.05) is 19.7 Å². The van der Waals surface area contributed by atoms with Crippen LogP contribution in [0.4, 0.5) is 4.79 Å². The lowest BCUT2D eigenvalue weighted by molar-refractivity contribution is 0.236. The van der Waals surface area contributed by atoms with Gasteiger partial charge in [0.25, 0.3) is 0 Å². The number of hydrogen-bond acceptors (Lipinski definition) is 2. The number of carbonyl (C=O) groups is 1. The van der Waals surface area contributed by atoms with E-state index < -0.39 is 0 Å². The zero-order valence-electron chi connectivity index (χ0n) is 12.1. The number of rotatable bonds is 7. The van der Waals surface area contributed by atoms with Crippen LogP contribution in [0.25, 0.3) is 0 Å². The van der Waals surface area contributed by atoms with E-state index in [1.165, 1.54) is 11.1 Å². The van der Waals surface area contributed by atoms with Crippen molar-refractivity contribution in [3.63, 3.8) is 0 Å². The predicted molar refractivity (Wildman–Crippen MR) is 77.7 cm³/mol. The van der Waals surface area contributed by atoms with Gasteiger partial charge in [-0.3, -0.25) is 0 Å². The molecule has 0 unspecified atom stereocenters. The van der Waals surface area contributed by atoms with Crippen LogP contribution in [0.3, 0.4) is 0 Å². The van der Waals surface area contributed by atoms with Gasteiger partial charge in [0.1, 0.15) is 12.4 Å². The Kier molecular flexibility index (Phi) is 6.79. The number of unbranched alkanes of at least 4 members (excludes halogenated alkanes) is 1. The van der Waals surface area contributed by atoms with Crippen LogP contribution in [0.15, 0.2) is 18.2 Å². The molecule has 0 radical (unpaired) electrons. The average Bonchev–Trinajstić information content (AvgIpc) is 2.39. The van der Waals surface area contributed by atoms with Crippen LogP contribution in [0.1, 0.15) is 30.9 Å². The summed E-state index contributed by atoms with van der Waals surface area (Å²) in [4.78, 5) is 11.4. The predicted octanol–water partition coefficient (Wildman–Crippen LogP) is 2.78. The summed E-state index contributed by atoms with van der Waals surface area (Å²) in [6.45, 7) is 7.93. The molecular weight excluding hydrogens is 240 g/mol. The van der Waals surface area contributed by atoms with Crippen molar-refractivity contribution in [3.05, 3.63) is 29.3 Å². The van der Waals surface area contributed by atoms with Crippen molar-refractivity contribution >= 4 is 6.03 Å². The highest BCUT2D eigenvalue weighted by Gasteiger charge is 1.99. The number of amides is 2. The molecule has 0 bridgehead atoms. The van der Waals surface area contributed by atoms with E-state index in [-0.39, 0.29) is 6.03 Å². The summed E-state index contributed by atoms with van der Waals surface area (Å²) in [6.07, 6.45) is 2.09. The van der Waals surface area contributed by atoms with E-state index in [9.17, 15) is 4.79 Å². The molecule has 4 heteroatoms. The van der Waals surface area contributed by atoms with Crippen molar-refractivity contribution in [1.29, 1.82) is 0 Å². The Morgan fingerprint density at radius 3 is 2.58 bits per heavy atom. The summed E-state index contributed by atoms with van der Waals surface area (Å²) in [7, 11) is 0. The molecular formula is C15H24N2O2. The fourth-order valence-corrected chi connectivity index (χ4v) is 1.58. The quantitative estimate of drug-likeness (QED) is 0.744. The number of benzene rings is 1. The Morgan fingerprint density at radius 2 is 1.89 bits per heavy atom. The first-order chi connectivity index (χ1) is 9.13. The van der Waals surface area contributed by atoms with Gasteiger partial charge >= 0.3 is 6.03 Å². The molecule has 0 aliphatic carbocycles. The number of hydrogen-bond donors (Lipinski definition) is 2. The van der Waals surface area contributed by atoms with Gasteiger partial charge in [-0.25, -0.2) is 4.79 Å². The topological polar surface area (TPSA) is 50.4 Å². The number of aryl methyl sites for hydroxylation is 2. The van der Waals surface area contributed by atoms with Crippen LogP contribution in [0, 0.1) is 13.8 Å². The van der Waals surface area contributed by atoms with Crippen LogP contribution in [0.5, 0.6) is 5.75 Å². The zero-order valence-corrected chi connectivity index (χ0v) is 12.1. The number of carbonyl (C=O) groups excluding carboxylic acids is 1. The highest BCUT2D eigenvalue weighted by molar-refractivity contribution is 5.73. The van der Waals surface area contributed by atoms with Crippen molar-refractivity contribution < 1.29 is 9.53 Å². The van der Waals surface area contributed by atoms with E-state index >= 15 is 0 Å². The Bertz CT molecular complexity index is 405. The second kappa shape index (κ2) is 8.40. The molecule has 2 N–H and O–H groups in total. The van der Waals surface area contributed by atoms with Crippen LogP contribution >= 0.6 is 0 Å². The standard InChI is InChI=1S/C15H24N2O2/c1-4-5-8-16-15(18)17-9-10-19-14-7-6-12(2)13(3)11-14/h6-7,11H,4-5,8-10H2,1-3H3,(H2,16,17,18). The minimum atomic E-state index is -0.128. The maximum Gasteiger partial charge on any atom is 0.314 e. The molecule has 0 spiro atoms. The molecule has 4 nitrogen and oxygen atoms in total. The van der Waals surface area contributed by atoms with Crippen molar-refractivity contribution in [2.24, 2.45) is 0 Å². The number of nitrogens with one attached hydrogen (secondary N) is 2. The fourth-order valence-electron chi connectivity index (χ4n) is 1.58. The van der Waals surface area contributed by atoms with E-state index in [4.69, 9.17) is 4.74 Å². The van der Waals surface area contributed by atoms with Gasteiger partial charge in [0, 0.05) is 6.54 Å². The summed E-state index contributed by atoms with van der Waals surface area (Å²) in [5.41, 5.74) is 2.46. The normalized spacial score (nSPS) is 10.1. The first-order valence-electron chi connectivity index (χ1n) is 6.85. The van der Waals surface area contributed by atoms with Crippen LogP contribution in [0.2, 0.25) is 0 Å². The van der Waals surface area contributed by atoms with Crippen molar-refractivity contribution in [2.45, 2.75) is 33.6 Å². The molecule has 0 aromatic heterocycles. The summed E-state index contributed by atoms with van der Waals surface area (Å²) >= 11 is 0. The first kappa shape index (κ1) is 15.3. The summed E-state index contributed by atoms with van der Waals surface area (Å²) in [6, 6.07) is 5.87. The Labute approximate surface area is 115 Å². The summed E-state index contributed by atoms with van der Waals surface area (Å²) < 4.78 is 5.58. The molecule has 0 saturated carbocycles. The molecule has 2 amide bonds. The average molecular weight is 264 g/mol. The van der Waals surface area contributed by atoms with E-state index in [1.807, 2.05) is 18.2 Å². The molecule has 0 aliphatic rings. The highest BCUT2D eigenvalue weighted by Crippen LogP contribution is 2.15. The van der Waals surface area contributed by atoms with Crippen LogP contribution in [-0.2, 0) is 0 Å². The summed E-state index contributed by atoms with van der Waals surface area (Å²) in [5, 5.41) is 5.56. The van der Waals surface area contributed by atoms with Crippen LogP contribution in [-0.4, -0.2) is 25.7 Å². The monoisotopic (exact) mass is 264 g/mol. The van der Waals surface area contributed by atoms with E-state index in [0.717, 1.165) is 25.1 Å². The third-order valence-electron chi connectivity index (χ3n) is 2.95. The van der Waals surface area contributed by atoms with Gasteiger partial charge in [0.2, 0.25) is 0 Å². The van der Waals surface area contributed by atoms with Crippen molar-refractivity contribution in [3.8, 4) is 5.75 Å². The Balaban J connectivity index is 2.16. The molecule has 0 aliphatic heterocycles. The first-order valence-corrected chi connectivity index (χ1v) is 6.85. The molecule has 0 heterocycles. The smallest absolute Gasteiger partial charge is 0.314 e. The lowest BCUT2D eigenvalue weighted by Crippen LogP contribution is -2.38. The maximum atomic E-state index is 11.4. The molecule has 0 atom stereocenters. The van der Waals surface area contributed by atoms with E-state index in [2.05, 4.69) is 31.4 Å². The second-order valence-corrected chi connectivity index (χ2v) is 4.63. The van der Waals surface area contributed by atoms with Crippen LogP contribution < -0.4 is 15.4 Å². The maximum absolute atomic E-state index is 11.4. The molecule has 1 rings (SSSR count). The minimum absolute atomic E-state index is 0.128. The van der Waals surface area contributed by atoms with Gasteiger partial charge in [0.05, 0.1) is 6.54 Å². The van der Waals surface area contributed by atoms with Gasteiger partial charge in [-0.05, 0) is 43.5 Å². The third kappa shape index (κ3) is 6.13. The molecule has 1 aromatic rings. The zero-order chi connectivity index (χ0) is 14.1. The lowest BCUT2D eigenvalue weighted by atomic mass is 10.1. The Morgan fingerprint density at radius 1 is 1.16 bits per heavy atom. The summed E-state index contributed by atoms with van der Waals surface area (Å²) in [5.74, 6) is 0.844. The molecule has 0 fully saturated rings. The number of urea groups is 1. The van der Waals surface area contributed by atoms with Gasteiger partial charge < -0.3 is 15.4 Å². The molecule has 1 aromatic carbocycles. The lowest BCUT2D eigenvalue weighted by Gasteiger charge is -2.10. The van der Waals surface area contributed by atoms with Crippen molar-refractivity contribution in [1.82, 2.24) is 10.6 Å². The number of ether oxygens (including phenoxy) is 1. The third-order valence-corrected chi connectivity index (χ3v) is 2.95. The molecule has 106 valence electrons. The van der Waals surface area contributed by atoms with Gasteiger partial charge in [-0.2, -0.15) is 0 Å². The Hall–Kier alpha value is -1.71. The largest absolute Gasteiger partial charge is 0.492 e. The highest BCUT2D eigenvalue weighted by atomic mass is 16.5. The van der Waals surface area contributed by atoms with E-state index in [1.54, 1.807) is 0 Å². The van der Waals surface area contributed by atoms with Gasteiger partial charge in [0.15, 0.2) is 0 Å².